The lowest BCUT2D eigenvalue weighted by molar-refractivity contribution is 0.300. The standard InChI is InChI=1S/C10H9BrFNO/c11-7-1-2-8(12)10-9(7)6(3-4-14)5-13-10/h1-2,5,13-14H,3-4H2. The van der Waals surface area contributed by atoms with Crippen molar-refractivity contribution in [1.29, 1.82) is 0 Å². The molecule has 0 aliphatic rings. The first-order chi connectivity index (χ1) is 6.74. The van der Waals surface area contributed by atoms with E-state index in [1.165, 1.54) is 6.07 Å². The highest BCUT2D eigenvalue weighted by molar-refractivity contribution is 9.10. The first kappa shape index (κ1) is 9.68. The molecule has 0 aliphatic heterocycles. The summed E-state index contributed by atoms with van der Waals surface area (Å²) in [6.07, 6.45) is 2.26. The molecule has 14 heavy (non-hydrogen) atoms. The maximum absolute atomic E-state index is 13.3. The number of hydrogen-bond donors (Lipinski definition) is 2. The topological polar surface area (TPSA) is 36.0 Å². The Bertz CT molecular complexity index is 466. The molecule has 1 heterocycles. The molecule has 0 radical (unpaired) electrons. The molecule has 1 aromatic carbocycles. The molecular formula is C10H9BrFNO. The van der Waals surface area contributed by atoms with E-state index in [1.54, 1.807) is 12.3 Å². The molecule has 4 heteroatoms. The van der Waals surface area contributed by atoms with Gasteiger partial charge in [-0.1, -0.05) is 15.9 Å². The number of aromatic nitrogens is 1. The minimum absolute atomic E-state index is 0.0654. The number of aromatic amines is 1. The van der Waals surface area contributed by atoms with E-state index in [0.29, 0.717) is 11.9 Å². The van der Waals surface area contributed by atoms with E-state index in [9.17, 15) is 4.39 Å². The van der Waals surface area contributed by atoms with Gasteiger partial charge in [-0.25, -0.2) is 4.39 Å². The fourth-order valence-electron chi connectivity index (χ4n) is 1.56. The van der Waals surface area contributed by atoms with Crippen LogP contribution in [0, 0.1) is 5.82 Å². The highest BCUT2D eigenvalue weighted by Crippen LogP contribution is 2.29. The van der Waals surface area contributed by atoms with Gasteiger partial charge in [0, 0.05) is 22.7 Å². The number of aliphatic hydroxyl groups excluding tert-OH is 1. The molecule has 2 nitrogen and oxygen atoms in total. The van der Waals surface area contributed by atoms with Crippen molar-refractivity contribution in [2.24, 2.45) is 0 Å². The third-order valence-electron chi connectivity index (χ3n) is 2.20. The number of fused-ring (bicyclic) bond motifs is 1. The van der Waals surface area contributed by atoms with E-state index in [1.807, 2.05) is 0 Å². The van der Waals surface area contributed by atoms with Crippen LogP contribution in [0.3, 0.4) is 0 Å². The molecule has 1 aromatic heterocycles. The summed E-state index contributed by atoms with van der Waals surface area (Å²) in [6.45, 7) is 0.0654. The first-order valence-corrected chi connectivity index (χ1v) is 5.08. The monoisotopic (exact) mass is 257 g/mol. The Morgan fingerprint density at radius 2 is 2.21 bits per heavy atom. The lowest BCUT2D eigenvalue weighted by atomic mass is 10.1. The van der Waals surface area contributed by atoms with Crippen molar-refractivity contribution in [2.75, 3.05) is 6.61 Å². The normalized spacial score (nSPS) is 11.1. The van der Waals surface area contributed by atoms with Gasteiger partial charge in [-0.3, -0.25) is 0 Å². The van der Waals surface area contributed by atoms with Gasteiger partial charge in [-0.2, -0.15) is 0 Å². The van der Waals surface area contributed by atoms with E-state index < -0.39 is 0 Å². The molecule has 74 valence electrons. The molecule has 0 atom stereocenters. The van der Waals surface area contributed by atoms with Gasteiger partial charge in [0.2, 0.25) is 0 Å². The minimum atomic E-state index is -0.271. The Labute approximate surface area is 88.9 Å². The molecule has 2 N–H and O–H groups in total. The van der Waals surface area contributed by atoms with Crippen LogP contribution in [-0.4, -0.2) is 16.7 Å². The van der Waals surface area contributed by atoms with E-state index >= 15 is 0 Å². The molecule has 0 spiro atoms. The summed E-state index contributed by atoms with van der Waals surface area (Å²) < 4.78 is 14.2. The third kappa shape index (κ3) is 1.44. The molecular weight excluding hydrogens is 249 g/mol. The number of rotatable bonds is 2. The maximum Gasteiger partial charge on any atom is 0.147 e. The van der Waals surface area contributed by atoms with Gasteiger partial charge < -0.3 is 10.1 Å². The van der Waals surface area contributed by atoms with E-state index in [4.69, 9.17) is 5.11 Å². The quantitative estimate of drug-likeness (QED) is 0.853. The molecule has 0 fully saturated rings. The molecule has 0 amide bonds. The Hall–Kier alpha value is -0.870. The summed E-state index contributed by atoms with van der Waals surface area (Å²) in [5.74, 6) is -0.271. The van der Waals surface area contributed by atoms with E-state index in [2.05, 4.69) is 20.9 Å². The smallest absolute Gasteiger partial charge is 0.147 e. The fourth-order valence-corrected chi connectivity index (χ4v) is 2.14. The van der Waals surface area contributed by atoms with Crippen molar-refractivity contribution in [3.8, 4) is 0 Å². The summed E-state index contributed by atoms with van der Waals surface area (Å²) >= 11 is 3.36. The number of benzene rings is 1. The van der Waals surface area contributed by atoms with Crippen molar-refractivity contribution in [3.05, 3.63) is 34.2 Å². The summed E-state index contributed by atoms with van der Waals surface area (Å²) in [5.41, 5.74) is 1.41. The van der Waals surface area contributed by atoms with Gasteiger partial charge in [0.05, 0.1) is 5.52 Å². The van der Waals surface area contributed by atoms with Crippen LogP contribution in [0.5, 0.6) is 0 Å². The number of nitrogens with one attached hydrogen (secondary N) is 1. The predicted molar refractivity (Wildman–Crippen MR) is 56.7 cm³/mol. The fraction of sp³-hybridized carbons (Fsp3) is 0.200. The average molecular weight is 258 g/mol. The number of H-pyrrole nitrogens is 1. The number of halogens is 2. The second-order valence-corrected chi connectivity index (χ2v) is 3.92. The molecule has 0 bridgehead atoms. The summed E-state index contributed by atoms with van der Waals surface area (Å²) in [7, 11) is 0. The molecule has 0 saturated heterocycles. The van der Waals surface area contributed by atoms with Crippen LogP contribution in [0.2, 0.25) is 0 Å². The highest BCUT2D eigenvalue weighted by Gasteiger charge is 2.10. The second-order valence-electron chi connectivity index (χ2n) is 3.07. The summed E-state index contributed by atoms with van der Waals surface area (Å²) in [6, 6.07) is 3.08. The van der Waals surface area contributed by atoms with Crippen molar-refractivity contribution < 1.29 is 9.50 Å². The maximum atomic E-state index is 13.3. The van der Waals surface area contributed by atoms with Crippen LogP contribution >= 0.6 is 15.9 Å². The molecule has 2 rings (SSSR count). The van der Waals surface area contributed by atoms with Crippen molar-refractivity contribution >= 4 is 26.8 Å². The largest absolute Gasteiger partial charge is 0.396 e. The number of hydrogen-bond acceptors (Lipinski definition) is 1. The van der Waals surface area contributed by atoms with Crippen molar-refractivity contribution in [2.45, 2.75) is 6.42 Å². The summed E-state index contributed by atoms with van der Waals surface area (Å²) in [4.78, 5) is 2.87. The molecule has 2 aromatic rings. The lowest BCUT2D eigenvalue weighted by Crippen LogP contribution is -1.89. The Balaban J connectivity index is 2.70. The van der Waals surface area contributed by atoms with Crippen LogP contribution in [0.1, 0.15) is 5.56 Å². The molecule has 0 unspecified atom stereocenters. The van der Waals surface area contributed by atoms with E-state index in [-0.39, 0.29) is 12.4 Å². The predicted octanol–water partition coefficient (Wildman–Crippen LogP) is 2.60. The molecule has 0 saturated carbocycles. The van der Waals surface area contributed by atoms with Gasteiger partial charge in [-0.15, -0.1) is 0 Å². The van der Waals surface area contributed by atoms with Crippen LogP contribution in [-0.2, 0) is 6.42 Å². The van der Waals surface area contributed by atoms with Crippen molar-refractivity contribution in [1.82, 2.24) is 4.98 Å². The zero-order valence-corrected chi connectivity index (χ0v) is 8.94. The van der Waals surface area contributed by atoms with Gasteiger partial charge in [0.15, 0.2) is 0 Å². The Kier molecular flexibility index (Phi) is 2.56. The van der Waals surface area contributed by atoms with Gasteiger partial charge >= 0.3 is 0 Å². The molecule has 0 aliphatic carbocycles. The lowest BCUT2D eigenvalue weighted by Gasteiger charge is -1.99. The van der Waals surface area contributed by atoms with Gasteiger partial charge in [0.1, 0.15) is 5.82 Å². The van der Waals surface area contributed by atoms with Gasteiger partial charge in [-0.05, 0) is 24.1 Å². The van der Waals surface area contributed by atoms with Crippen LogP contribution in [0.25, 0.3) is 10.9 Å². The zero-order chi connectivity index (χ0) is 10.1. The summed E-state index contributed by atoms with van der Waals surface area (Å²) in [5, 5.41) is 9.65. The van der Waals surface area contributed by atoms with Gasteiger partial charge in [0.25, 0.3) is 0 Å². The first-order valence-electron chi connectivity index (χ1n) is 4.29. The Morgan fingerprint density at radius 1 is 1.43 bits per heavy atom. The third-order valence-corrected chi connectivity index (χ3v) is 2.86. The SMILES string of the molecule is OCCc1c[nH]c2c(F)ccc(Br)c12. The Morgan fingerprint density at radius 3 is 2.93 bits per heavy atom. The second kappa shape index (κ2) is 3.71. The zero-order valence-electron chi connectivity index (χ0n) is 7.35. The van der Waals surface area contributed by atoms with Crippen LogP contribution in [0.15, 0.2) is 22.8 Å². The minimum Gasteiger partial charge on any atom is -0.396 e. The van der Waals surface area contributed by atoms with Crippen LogP contribution < -0.4 is 0 Å². The average Bonchev–Trinajstić information content (AvgIpc) is 2.58. The van der Waals surface area contributed by atoms with Crippen molar-refractivity contribution in [3.63, 3.8) is 0 Å². The van der Waals surface area contributed by atoms with Crippen LogP contribution in [0.4, 0.5) is 4.39 Å². The highest BCUT2D eigenvalue weighted by atomic mass is 79.9. The van der Waals surface area contributed by atoms with E-state index in [0.717, 1.165) is 15.4 Å². The number of aliphatic hydroxyl groups is 1.